The Kier molecular flexibility index (Phi) is 6.10. The molecule has 0 aliphatic carbocycles. The molecular formula is C18H30N2O2S. The number of likely N-dealkylation sites (tertiary alicyclic amines) is 2. The molecule has 1 spiro atoms. The minimum absolute atomic E-state index is 0.503. The summed E-state index contributed by atoms with van der Waals surface area (Å²) in [4.78, 5) is 6.72. The van der Waals surface area contributed by atoms with E-state index in [2.05, 4.69) is 27.3 Å². The van der Waals surface area contributed by atoms with Gasteiger partial charge in [-0.2, -0.15) is 0 Å². The third kappa shape index (κ3) is 4.34. The van der Waals surface area contributed by atoms with Crippen molar-refractivity contribution in [2.45, 2.75) is 31.8 Å². The SMILES string of the molecule is COCCN1CC2(CCN(Cc3cccs3)CC2)C[C@@H]1COC. The van der Waals surface area contributed by atoms with Crippen molar-refractivity contribution in [2.24, 2.45) is 5.41 Å². The summed E-state index contributed by atoms with van der Waals surface area (Å²) in [5.74, 6) is 0. The van der Waals surface area contributed by atoms with E-state index in [4.69, 9.17) is 9.47 Å². The highest BCUT2D eigenvalue weighted by atomic mass is 32.1. The zero-order valence-corrected chi connectivity index (χ0v) is 15.3. The van der Waals surface area contributed by atoms with Crippen LogP contribution in [0.4, 0.5) is 0 Å². The minimum atomic E-state index is 0.503. The molecule has 0 unspecified atom stereocenters. The zero-order valence-electron chi connectivity index (χ0n) is 14.5. The predicted octanol–water partition coefficient (Wildman–Crippen LogP) is 2.70. The standard InChI is InChI=1S/C18H30N2O2S/c1-21-10-9-20-15-18(12-16(20)14-22-2)5-7-19(8-6-18)13-17-4-3-11-23-17/h3-4,11,16H,5-10,12-15H2,1-2H3/t16-/m1/s1. The number of thiophene rings is 1. The monoisotopic (exact) mass is 338 g/mol. The van der Waals surface area contributed by atoms with Crippen LogP contribution < -0.4 is 0 Å². The van der Waals surface area contributed by atoms with Crippen LogP contribution >= 0.6 is 11.3 Å². The molecule has 2 aliphatic rings. The second kappa shape index (κ2) is 8.08. The largest absolute Gasteiger partial charge is 0.383 e. The summed E-state index contributed by atoms with van der Waals surface area (Å²) in [5, 5.41) is 2.18. The van der Waals surface area contributed by atoms with Crippen LogP contribution in [0.3, 0.4) is 0 Å². The van der Waals surface area contributed by atoms with Gasteiger partial charge in [-0.1, -0.05) is 6.07 Å². The van der Waals surface area contributed by atoms with Gasteiger partial charge in [-0.25, -0.2) is 0 Å². The molecular weight excluding hydrogens is 308 g/mol. The number of nitrogens with zero attached hydrogens (tertiary/aromatic N) is 2. The molecule has 4 nitrogen and oxygen atoms in total. The average Bonchev–Trinajstić information content (AvgIpc) is 3.17. The van der Waals surface area contributed by atoms with E-state index in [9.17, 15) is 0 Å². The molecule has 0 N–H and O–H groups in total. The van der Waals surface area contributed by atoms with Crippen LogP contribution in [0.1, 0.15) is 24.1 Å². The van der Waals surface area contributed by atoms with Crippen LogP contribution in [-0.2, 0) is 16.0 Å². The lowest BCUT2D eigenvalue weighted by Crippen LogP contribution is -2.41. The van der Waals surface area contributed by atoms with E-state index in [0.29, 0.717) is 11.5 Å². The smallest absolute Gasteiger partial charge is 0.0618 e. The molecule has 2 saturated heterocycles. The average molecular weight is 339 g/mol. The number of rotatable bonds is 7. The summed E-state index contributed by atoms with van der Waals surface area (Å²) in [7, 11) is 3.61. The molecule has 0 aromatic carbocycles. The molecule has 130 valence electrons. The van der Waals surface area contributed by atoms with Crippen molar-refractivity contribution < 1.29 is 9.47 Å². The van der Waals surface area contributed by atoms with Gasteiger partial charge in [0.1, 0.15) is 0 Å². The predicted molar refractivity (Wildman–Crippen MR) is 95.0 cm³/mol. The van der Waals surface area contributed by atoms with Gasteiger partial charge in [0.25, 0.3) is 0 Å². The Morgan fingerprint density at radius 1 is 1.26 bits per heavy atom. The number of methoxy groups -OCH3 is 2. The highest BCUT2D eigenvalue weighted by Crippen LogP contribution is 2.43. The van der Waals surface area contributed by atoms with Gasteiger partial charge in [0, 0.05) is 44.8 Å². The first kappa shape index (κ1) is 17.4. The summed E-state index contributed by atoms with van der Waals surface area (Å²) >= 11 is 1.88. The van der Waals surface area contributed by atoms with Gasteiger partial charge < -0.3 is 9.47 Å². The fourth-order valence-electron chi connectivity index (χ4n) is 4.25. The van der Waals surface area contributed by atoms with Crippen molar-refractivity contribution in [3.63, 3.8) is 0 Å². The maximum absolute atomic E-state index is 5.47. The van der Waals surface area contributed by atoms with E-state index < -0.39 is 0 Å². The van der Waals surface area contributed by atoms with Crippen molar-refractivity contribution in [1.82, 2.24) is 9.80 Å². The first-order chi connectivity index (χ1) is 11.2. The lowest BCUT2D eigenvalue weighted by Gasteiger charge is -2.39. The molecule has 1 atom stereocenters. The Hall–Kier alpha value is -0.460. The van der Waals surface area contributed by atoms with E-state index in [1.165, 1.54) is 43.8 Å². The molecule has 1 aromatic rings. The highest BCUT2D eigenvalue weighted by molar-refractivity contribution is 7.09. The van der Waals surface area contributed by atoms with Gasteiger partial charge in [0.15, 0.2) is 0 Å². The van der Waals surface area contributed by atoms with Crippen LogP contribution in [0.2, 0.25) is 0 Å². The normalized spacial score (nSPS) is 25.4. The van der Waals surface area contributed by atoms with Gasteiger partial charge in [0.2, 0.25) is 0 Å². The molecule has 2 fully saturated rings. The quantitative estimate of drug-likeness (QED) is 0.763. The summed E-state index contributed by atoms with van der Waals surface area (Å²) in [6, 6.07) is 4.98. The lowest BCUT2D eigenvalue weighted by atomic mass is 9.76. The van der Waals surface area contributed by atoms with Crippen molar-refractivity contribution in [1.29, 1.82) is 0 Å². The maximum atomic E-state index is 5.47. The van der Waals surface area contributed by atoms with Crippen molar-refractivity contribution in [3.05, 3.63) is 22.4 Å². The van der Waals surface area contributed by atoms with Gasteiger partial charge >= 0.3 is 0 Å². The lowest BCUT2D eigenvalue weighted by molar-refractivity contribution is 0.0859. The number of piperidine rings is 1. The Bertz CT molecular complexity index is 458. The van der Waals surface area contributed by atoms with E-state index >= 15 is 0 Å². The molecule has 0 bridgehead atoms. The van der Waals surface area contributed by atoms with Crippen molar-refractivity contribution in [3.8, 4) is 0 Å². The van der Waals surface area contributed by atoms with Crippen LogP contribution in [0.25, 0.3) is 0 Å². The molecule has 2 aliphatic heterocycles. The van der Waals surface area contributed by atoms with E-state index in [-0.39, 0.29) is 0 Å². The van der Waals surface area contributed by atoms with Gasteiger partial charge in [0.05, 0.1) is 13.2 Å². The Labute approximate surface area is 144 Å². The molecule has 0 saturated carbocycles. The van der Waals surface area contributed by atoms with Gasteiger partial charge in [-0.3, -0.25) is 9.80 Å². The molecule has 0 radical (unpaired) electrons. The number of hydrogen-bond acceptors (Lipinski definition) is 5. The van der Waals surface area contributed by atoms with E-state index in [1.54, 1.807) is 7.11 Å². The minimum Gasteiger partial charge on any atom is -0.383 e. The summed E-state index contributed by atoms with van der Waals surface area (Å²) in [6.07, 6.45) is 3.93. The fraction of sp³-hybridized carbons (Fsp3) is 0.778. The molecule has 3 rings (SSSR count). The third-order valence-corrected chi connectivity index (χ3v) is 6.40. The van der Waals surface area contributed by atoms with Crippen LogP contribution in [0.15, 0.2) is 17.5 Å². The second-order valence-electron chi connectivity index (χ2n) is 7.13. The van der Waals surface area contributed by atoms with Crippen LogP contribution in [0, 0.1) is 5.41 Å². The molecule has 0 amide bonds. The van der Waals surface area contributed by atoms with E-state index in [0.717, 1.165) is 26.3 Å². The van der Waals surface area contributed by atoms with Crippen LogP contribution in [-0.4, -0.2) is 69.5 Å². The number of hydrogen-bond donors (Lipinski definition) is 0. The first-order valence-corrected chi connectivity index (χ1v) is 9.59. The van der Waals surface area contributed by atoms with Crippen LogP contribution in [0.5, 0.6) is 0 Å². The topological polar surface area (TPSA) is 24.9 Å². The second-order valence-corrected chi connectivity index (χ2v) is 8.16. The molecule has 3 heterocycles. The summed E-state index contributed by atoms with van der Waals surface area (Å²) < 4.78 is 10.8. The molecule has 1 aromatic heterocycles. The Morgan fingerprint density at radius 2 is 2.09 bits per heavy atom. The first-order valence-electron chi connectivity index (χ1n) is 8.71. The molecule has 5 heteroatoms. The zero-order chi connectivity index (χ0) is 16.1. The van der Waals surface area contributed by atoms with Gasteiger partial charge in [-0.05, 0) is 49.2 Å². The highest BCUT2D eigenvalue weighted by Gasteiger charge is 2.45. The number of ether oxygens (including phenoxy) is 2. The summed E-state index contributed by atoms with van der Waals surface area (Å²) in [6.45, 7) is 7.52. The maximum Gasteiger partial charge on any atom is 0.0618 e. The molecule has 23 heavy (non-hydrogen) atoms. The van der Waals surface area contributed by atoms with Gasteiger partial charge in [-0.15, -0.1) is 11.3 Å². The Balaban J connectivity index is 1.54. The van der Waals surface area contributed by atoms with Crippen molar-refractivity contribution >= 4 is 11.3 Å². The van der Waals surface area contributed by atoms with Crippen molar-refractivity contribution in [2.75, 3.05) is 53.6 Å². The summed E-state index contributed by atoms with van der Waals surface area (Å²) in [5.41, 5.74) is 0.503. The fourth-order valence-corrected chi connectivity index (χ4v) is 5.00. The Morgan fingerprint density at radius 3 is 2.74 bits per heavy atom. The van der Waals surface area contributed by atoms with E-state index in [1.807, 2.05) is 18.4 Å². The third-order valence-electron chi connectivity index (χ3n) is 5.54.